The van der Waals surface area contributed by atoms with Gasteiger partial charge in [-0.3, -0.25) is 0 Å². The van der Waals surface area contributed by atoms with Gasteiger partial charge in [-0.2, -0.15) is 0 Å². The predicted octanol–water partition coefficient (Wildman–Crippen LogP) is 1.71. The van der Waals surface area contributed by atoms with Crippen molar-refractivity contribution in [2.24, 2.45) is 5.92 Å². The molecule has 0 aromatic carbocycles. The van der Waals surface area contributed by atoms with Gasteiger partial charge in [-0.1, -0.05) is 20.3 Å². The van der Waals surface area contributed by atoms with Crippen molar-refractivity contribution in [2.75, 3.05) is 20.1 Å². The fourth-order valence-corrected chi connectivity index (χ4v) is 1.96. The van der Waals surface area contributed by atoms with E-state index in [1.54, 1.807) is 0 Å². The first kappa shape index (κ1) is 11.0. The van der Waals surface area contributed by atoms with Crippen LogP contribution >= 0.6 is 0 Å². The Balaban J connectivity index is 2.24. The molecule has 0 unspecified atom stereocenters. The Bertz CT molecular complexity index is 147. The van der Waals surface area contributed by atoms with Gasteiger partial charge >= 0.3 is 0 Å². The highest BCUT2D eigenvalue weighted by molar-refractivity contribution is 4.82. The van der Waals surface area contributed by atoms with Gasteiger partial charge in [-0.05, 0) is 32.9 Å². The lowest BCUT2D eigenvalue weighted by atomic mass is 10.00. The smallest absolute Gasteiger partial charge is 0.0209 e. The standard InChI is InChI=1S/C11H24N2/c1-5-9(2)10(3)12-11-6-7-13(4)8-11/h9-12H,5-8H2,1-4H3/t9-,10+,11-/m1/s1. The molecule has 0 radical (unpaired) electrons. The highest BCUT2D eigenvalue weighted by Gasteiger charge is 2.21. The SMILES string of the molecule is CC[C@@H](C)[C@H](C)N[C@@H]1CCN(C)C1. The van der Waals surface area contributed by atoms with Crippen LogP contribution in [0.3, 0.4) is 0 Å². The third-order valence-electron chi connectivity index (χ3n) is 3.39. The van der Waals surface area contributed by atoms with Crippen LogP contribution in [0, 0.1) is 5.92 Å². The van der Waals surface area contributed by atoms with Gasteiger partial charge in [0.25, 0.3) is 0 Å². The van der Waals surface area contributed by atoms with Crippen LogP contribution in [0.2, 0.25) is 0 Å². The minimum absolute atomic E-state index is 0.668. The van der Waals surface area contributed by atoms with E-state index in [0.29, 0.717) is 6.04 Å². The first-order valence-corrected chi connectivity index (χ1v) is 5.58. The van der Waals surface area contributed by atoms with Crippen LogP contribution in [0.5, 0.6) is 0 Å². The minimum atomic E-state index is 0.668. The van der Waals surface area contributed by atoms with Gasteiger partial charge in [0.05, 0.1) is 0 Å². The second-order valence-corrected chi connectivity index (χ2v) is 4.59. The summed E-state index contributed by atoms with van der Waals surface area (Å²) in [7, 11) is 2.20. The Morgan fingerprint density at radius 1 is 1.46 bits per heavy atom. The summed E-state index contributed by atoms with van der Waals surface area (Å²) < 4.78 is 0. The molecule has 0 saturated carbocycles. The molecule has 0 aliphatic carbocycles. The van der Waals surface area contributed by atoms with Gasteiger partial charge < -0.3 is 10.2 Å². The quantitative estimate of drug-likeness (QED) is 0.715. The maximum Gasteiger partial charge on any atom is 0.0209 e. The van der Waals surface area contributed by atoms with E-state index in [1.807, 2.05) is 0 Å². The van der Waals surface area contributed by atoms with Crippen molar-refractivity contribution >= 4 is 0 Å². The third-order valence-corrected chi connectivity index (χ3v) is 3.39. The van der Waals surface area contributed by atoms with Gasteiger partial charge in [-0.25, -0.2) is 0 Å². The Morgan fingerprint density at radius 2 is 2.15 bits per heavy atom. The van der Waals surface area contributed by atoms with Crippen LogP contribution < -0.4 is 5.32 Å². The first-order chi connectivity index (χ1) is 6.13. The van der Waals surface area contributed by atoms with Crippen molar-refractivity contribution in [1.82, 2.24) is 10.2 Å². The molecule has 0 spiro atoms. The van der Waals surface area contributed by atoms with Crippen molar-refractivity contribution in [3.8, 4) is 0 Å². The highest BCUT2D eigenvalue weighted by Crippen LogP contribution is 2.12. The average Bonchev–Trinajstić information content (AvgIpc) is 2.49. The van der Waals surface area contributed by atoms with Crippen LogP contribution in [0.4, 0.5) is 0 Å². The highest BCUT2D eigenvalue weighted by atomic mass is 15.2. The summed E-state index contributed by atoms with van der Waals surface area (Å²) in [6, 6.07) is 1.40. The van der Waals surface area contributed by atoms with Crippen LogP contribution in [0.15, 0.2) is 0 Å². The maximum atomic E-state index is 3.72. The molecule has 78 valence electrons. The van der Waals surface area contributed by atoms with E-state index >= 15 is 0 Å². The Hall–Kier alpha value is -0.0800. The zero-order chi connectivity index (χ0) is 9.84. The molecule has 3 atom stereocenters. The number of hydrogen-bond acceptors (Lipinski definition) is 2. The minimum Gasteiger partial charge on any atom is -0.310 e. The summed E-state index contributed by atoms with van der Waals surface area (Å²) in [5.41, 5.74) is 0. The molecule has 1 aliphatic heterocycles. The lowest BCUT2D eigenvalue weighted by Gasteiger charge is -2.24. The topological polar surface area (TPSA) is 15.3 Å². The van der Waals surface area contributed by atoms with Crippen molar-refractivity contribution in [3.63, 3.8) is 0 Å². The fraction of sp³-hybridized carbons (Fsp3) is 1.00. The summed E-state index contributed by atoms with van der Waals surface area (Å²) >= 11 is 0. The first-order valence-electron chi connectivity index (χ1n) is 5.58. The fourth-order valence-electron chi connectivity index (χ4n) is 1.96. The molecule has 1 rings (SSSR count). The molecule has 2 nitrogen and oxygen atoms in total. The second-order valence-electron chi connectivity index (χ2n) is 4.59. The van der Waals surface area contributed by atoms with E-state index in [0.717, 1.165) is 12.0 Å². The summed E-state index contributed by atoms with van der Waals surface area (Å²) in [6.07, 6.45) is 2.59. The number of likely N-dealkylation sites (tertiary alicyclic amines) is 1. The average molecular weight is 184 g/mol. The summed E-state index contributed by atoms with van der Waals surface area (Å²) in [5.74, 6) is 0.797. The van der Waals surface area contributed by atoms with Gasteiger partial charge in [0.2, 0.25) is 0 Å². The van der Waals surface area contributed by atoms with E-state index in [2.05, 4.69) is 38.0 Å². The summed E-state index contributed by atoms with van der Waals surface area (Å²) in [5, 5.41) is 3.72. The van der Waals surface area contributed by atoms with Crippen molar-refractivity contribution in [1.29, 1.82) is 0 Å². The van der Waals surface area contributed by atoms with Gasteiger partial charge in [-0.15, -0.1) is 0 Å². The number of nitrogens with zero attached hydrogens (tertiary/aromatic N) is 1. The van der Waals surface area contributed by atoms with E-state index < -0.39 is 0 Å². The molecule has 1 fully saturated rings. The van der Waals surface area contributed by atoms with Gasteiger partial charge in [0, 0.05) is 18.6 Å². The Kier molecular flexibility index (Phi) is 4.20. The lowest BCUT2D eigenvalue weighted by molar-refractivity contribution is 0.337. The molecule has 0 aromatic rings. The molecule has 0 amide bonds. The normalized spacial score (nSPS) is 29.1. The van der Waals surface area contributed by atoms with Gasteiger partial charge in [0.15, 0.2) is 0 Å². The molecule has 1 saturated heterocycles. The van der Waals surface area contributed by atoms with E-state index in [-0.39, 0.29) is 0 Å². The molecule has 0 bridgehead atoms. The van der Waals surface area contributed by atoms with E-state index in [4.69, 9.17) is 0 Å². The van der Waals surface area contributed by atoms with Crippen LogP contribution in [-0.4, -0.2) is 37.1 Å². The number of hydrogen-bond donors (Lipinski definition) is 1. The van der Waals surface area contributed by atoms with E-state index in [1.165, 1.54) is 25.9 Å². The van der Waals surface area contributed by atoms with Crippen LogP contribution in [0.25, 0.3) is 0 Å². The summed E-state index contributed by atoms with van der Waals surface area (Å²) in [6.45, 7) is 9.39. The van der Waals surface area contributed by atoms with Gasteiger partial charge in [0.1, 0.15) is 0 Å². The molecule has 13 heavy (non-hydrogen) atoms. The monoisotopic (exact) mass is 184 g/mol. The zero-order valence-electron chi connectivity index (χ0n) is 9.51. The van der Waals surface area contributed by atoms with Crippen LogP contribution in [-0.2, 0) is 0 Å². The largest absolute Gasteiger partial charge is 0.310 e. The molecule has 1 aliphatic rings. The lowest BCUT2D eigenvalue weighted by Crippen LogP contribution is -2.41. The van der Waals surface area contributed by atoms with Crippen molar-refractivity contribution in [2.45, 2.75) is 45.7 Å². The molecule has 0 aromatic heterocycles. The molecular formula is C11H24N2. The Morgan fingerprint density at radius 3 is 2.62 bits per heavy atom. The summed E-state index contributed by atoms with van der Waals surface area (Å²) in [4.78, 5) is 2.40. The predicted molar refractivity (Wildman–Crippen MR) is 58.0 cm³/mol. The molecule has 1 N–H and O–H groups in total. The zero-order valence-corrected chi connectivity index (χ0v) is 9.51. The number of rotatable bonds is 4. The van der Waals surface area contributed by atoms with Crippen molar-refractivity contribution in [3.05, 3.63) is 0 Å². The second kappa shape index (κ2) is 4.97. The molecule has 1 heterocycles. The van der Waals surface area contributed by atoms with E-state index in [9.17, 15) is 0 Å². The molecular weight excluding hydrogens is 160 g/mol. The third kappa shape index (κ3) is 3.28. The number of nitrogens with one attached hydrogen (secondary N) is 1. The maximum absolute atomic E-state index is 3.72. The molecule has 2 heteroatoms. The van der Waals surface area contributed by atoms with Crippen LogP contribution in [0.1, 0.15) is 33.6 Å². The number of likely N-dealkylation sites (N-methyl/N-ethyl adjacent to an activating group) is 1. The Labute approximate surface area is 82.7 Å². The van der Waals surface area contributed by atoms with Crippen molar-refractivity contribution < 1.29 is 0 Å².